The van der Waals surface area contributed by atoms with Gasteiger partial charge in [0.2, 0.25) is 0 Å². The second kappa shape index (κ2) is 5.29. The number of hydrogen-bond acceptors (Lipinski definition) is 2. The van der Waals surface area contributed by atoms with Crippen molar-refractivity contribution in [2.24, 2.45) is 5.41 Å². The van der Waals surface area contributed by atoms with E-state index in [1.807, 2.05) is 0 Å². The first-order valence-electron chi connectivity index (χ1n) is 7.41. The molecule has 1 saturated heterocycles. The summed E-state index contributed by atoms with van der Waals surface area (Å²) >= 11 is 4.14. The highest BCUT2D eigenvalue weighted by Crippen LogP contribution is 2.44. The van der Waals surface area contributed by atoms with Gasteiger partial charge in [0.1, 0.15) is 8.24 Å². The third-order valence-corrected chi connectivity index (χ3v) is 9.64. The van der Waals surface area contributed by atoms with Crippen molar-refractivity contribution in [2.75, 3.05) is 6.54 Å². The topological polar surface area (TPSA) is 20.3 Å². The van der Waals surface area contributed by atoms with Crippen molar-refractivity contribution in [1.82, 2.24) is 4.57 Å². The second-order valence-electron chi connectivity index (χ2n) is 6.78. The first-order chi connectivity index (χ1) is 8.41. The molecule has 0 bridgehead atoms. The SMILES string of the molecule is CCC1(C(=O)S)CCC(N2CCC[Si]2(C)C)CC1. The number of rotatable bonds is 3. The van der Waals surface area contributed by atoms with Gasteiger partial charge in [0, 0.05) is 11.5 Å². The van der Waals surface area contributed by atoms with Gasteiger partial charge < -0.3 is 4.57 Å². The van der Waals surface area contributed by atoms with Crippen LogP contribution in [0.5, 0.6) is 0 Å². The Morgan fingerprint density at radius 2 is 2.00 bits per heavy atom. The zero-order valence-electron chi connectivity index (χ0n) is 12.0. The van der Waals surface area contributed by atoms with E-state index in [9.17, 15) is 4.79 Å². The van der Waals surface area contributed by atoms with Gasteiger partial charge in [0.25, 0.3) is 0 Å². The van der Waals surface area contributed by atoms with Crippen LogP contribution in [0.25, 0.3) is 0 Å². The van der Waals surface area contributed by atoms with Crippen molar-refractivity contribution < 1.29 is 4.79 Å². The molecule has 0 radical (unpaired) electrons. The minimum atomic E-state index is -1.11. The van der Waals surface area contributed by atoms with Crippen LogP contribution in [0.3, 0.4) is 0 Å². The lowest BCUT2D eigenvalue weighted by atomic mass is 9.71. The predicted molar refractivity (Wildman–Crippen MR) is 82.6 cm³/mol. The Bertz CT molecular complexity index is 324. The fraction of sp³-hybridized carbons (Fsp3) is 0.929. The van der Waals surface area contributed by atoms with Crippen molar-refractivity contribution in [1.29, 1.82) is 0 Å². The summed E-state index contributed by atoms with van der Waals surface area (Å²) in [6, 6.07) is 2.20. The Balaban J connectivity index is 2.00. The minimum absolute atomic E-state index is 0.106. The highest BCUT2D eigenvalue weighted by atomic mass is 32.1. The Hall–Kier alpha value is 0.197. The average molecular weight is 286 g/mol. The van der Waals surface area contributed by atoms with Gasteiger partial charge in [0.05, 0.1) is 0 Å². The van der Waals surface area contributed by atoms with E-state index in [2.05, 4.69) is 37.2 Å². The van der Waals surface area contributed by atoms with E-state index in [1.54, 1.807) is 0 Å². The molecule has 0 atom stereocenters. The molecule has 2 rings (SSSR count). The number of thiol groups is 1. The number of hydrogen-bond donors (Lipinski definition) is 1. The summed E-state index contributed by atoms with van der Waals surface area (Å²) in [5.41, 5.74) is -0.106. The fourth-order valence-electron chi connectivity index (χ4n) is 3.99. The van der Waals surface area contributed by atoms with Crippen LogP contribution >= 0.6 is 12.6 Å². The molecule has 4 heteroatoms. The second-order valence-corrected chi connectivity index (χ2v) is 11.9. The Kier molecular flexibility index (Phi) is 4.29. The lowest BCUT2D eigenvalue weighted by Crippen LogP contribution is -2.51. The van der Waals surface area contributed by atoms with Crippen molar-refractivity contribution in [3.63, 3.8) is 0 Å². The average Bonchev–Trinajstić information content (AvgIpc) is 2.69. The van der Waals surface area contributed by atoms with Crippen LogP contribution in [-0.2, 0) is 4.79 Å². The number of carbonyl (C=O) groups is 1. The molecule has 104 valence electrons. The van der Waals surface area contributed by atoms with Crippen LogP contribution < -0.4 is 0 Å². The van der Waals surface area contributed by atoms with Crippen LogP contribution in [0.1, 0.15) is 45.4 Å². The molecule has 0 spiro atoms. The van der Waals surface area contributed by atoms with Crippen LogP contribution in [0.2, 0.25) is 19.1 Å². The molecule has 0 aromatic carbocycles. The molecule has 1 heterocycles. The van der Waals surface area contributed by atoms with E-state index in [4.69, 9.17) is 0 Å². The molecular weight excluding hydrogens is 258 g/mol. The molecule has 2 aliphatic rings. The van der Waals surface area contributed by atoms with Gasteiger partial charge in [-0.05, 0) is 51.1 Å². The summed E-state index contributed by atoms with van der Waals surface area (Å²) in [7, 11) is -1.11. The summed E-state index contributed by atoms with van der Waals surface area (Å²) in [5.74, 6) is 0. The quantitative estimate of drug-likeness (QED) is 0.630. The van der Waals surface area contributed by atoms with Gasteiger partial charge in [-0.15, -0.1) is 12.6 Å². The van der Waals surface area contributed by atoms with Gasteiger partial charge in [-0.25, -0.2) is 0 Å². The molecule has 2 nitrogen and oxygen atoms in total. The highest BCUT2D eigenvalue weighted by molar-refractivity contribution is 7.96. The van der Waals surface area contributed by atoms with Crippen LogP contribution in [0.4, 0.5) is 0 Å². The maximum absolute atomic E-state index is 11.8. The third-order valence-electron chi connectivity index (χ3n) is 5.45. The van der Waals surface area contributed by atoms with E-state index in [1.165, 1.54) is 31.9 Å². The largest absolute Gasteiger partial charge is 0.321 e. The molecule has 0 N–H and O–H groups in total. The number of carbonyl (C=O) groups excluding carboxylic acids is 1. The van der Waals surface area contributed by atoms with Crippen molar-refractivity contribution in [2.45, 2.75) is 70.6 Å². The lowest BCUT2D eigenvalue weighted by Gasteiger charge is -2.44. The molecule has 1 saturated carbocycles. The normalized spacial score (nSPS) is 36.8. The first-order valence-corrected chi connectivity index (χ1v) is 11.0. The maximum Gasteiger partial charge on any atom is 0.192 e. The van der Waals surface area contributed by atoms with Crippen molar-refractivity contribution >= 4 is 26.0 Å². The molecule has 0 aromatic rings. The monoisotopic (exact) mass is 285 g/mol. The predicted octanol–water partition coefficient (Wildman–Crippen LogP) is 3.69. The Morgan fingerprint density at radius 1 is 1.39 bits per heavy atom. The van der Waals surface area contributed by atoms with E-state index in [-0.39, 0.29) is 10.5 Å². The highest BCUT2D eigenvalue weighted by Gasteiger charge is 2.44. The Labute approximate surface area is 118 Å². The van der Waals surface area contributed by atoms with Gasteiger partial charge in [-0.2, -0.15) is 0 Å². The van der Waals surface area contributed by atoms with Gasteiger partial charge in [0.15, 0.2) is 5.12 Å². The summed E-state index contributed by atoms with van der Waals surface area (Å²) < 4.78 is 2.83. The fourth-order valence-corrected chi connectivity index (χ4v) is 7.69. The molecular formula is C14H27NOSSi. The third kappa shape index (κ3) is 2.56. The zero-order valence-corrected chi connectivity index (χ0v) is 13.9. The number of nitrogens with zero attached hydrogens (tertiary/aromatic N) is 1. The molecule has 1 aliphatic carbocycles. The lowest BCUT2D eigenvalue weighted by molar-refractivity contribution is -0.122. The minimum Gasteiger partial charge on any atom is -0.321 e. The summed E-state index contributed by atoms with van der Waals surface area (Å²) in [4.78, 5) is 11.8. The standard InChI is InChI=1S/C14H27NOSSi/c1-4-14(13(16)17)8-6-12(7-9-14)15-10-5-11-18(15,2)3/h12H,4-11H2,1-3H3,(H,16,17). The molecule has 18 heavy (non-hydrogen) atoms. The van der Waals surface area contributed by atoms with E-state index in [0.717, 1.165) is 25.3 Å². The van der Waals surface area contributed by atoms with Crippen LogP contribution in [-0.4, -0.2) is 30.5 Å². The summed E-state index contributed by atoms with van der Waals surface area (Å²) in [6.07, 6.45) is 6.87. The first kappa shape index (κ1) is 14.6. The van der Waals surface area contributed by atoms with Crippen molar-refractivity contribution in [3.05, 3.63) is 0 Å². The van der Waals surface area contributed by atoms with E-state index >= 15 is 0 Å². The van der Waals surface area contributed by atoms with Gasteiger partial charge >= 0.3 is 0 Å². The zero-order chi connectivity index (χ0) is 13.4. The summed E-state index contributed by atoms with van der Waals surface area (Å²) in [6.45, 7) is 8.46. The molecule has 0 unspecified atom stereocenters. The van der Waals surface area contributed by atoms with E-state index in [0.29, 0.717) is 0 Å². The van der Waals surface area contributed by atoms with Crippen LogP contribution in [0, 0.1) is 5.41 Å². The van der Waals surface area contributed by atoms with E-state index < -0.39 is 8.24 Å². The molecule has 2 fully saturated rings. The summed E-state index contributed by atoms with van der Waals surface area (Å²) in [5, 5.41) is 0.126. The van der Waals surface area contributed by atoms with Crippen molar-refractivity contribution in [3.8, 4) is 0 Å². The maximum atomic E-state index is 11.8. The molecule has 1 aliphatic heterocycles. The van der Waals surface area contributed by atoms with Crippen LogP contribution in [0.15, 0.2) is 0 Å². The van der Waals surface area contributed by atoms with Gasteiger partial charge in [-0.1, -0.05) is 20.0 Å². The molecule has 0 aromatic heterocycles. The Morgan fingerprint density at radius 3 is 2.39 bits per heavy atom. The van der Waals surface area contributed by atoms with Gasteiger partial charge in [-0.3, -0.25) is 4.79 Å². The smallest absolute Gasteiger partial charge is 0.192 e. The molecule has 0 amide bonds.